The Morgan fingerprint density at radius 1 is 0.347 bits per heavy atom. The largest absolute Gasteiger partial charge is 0.472 e. The molecule has 17 nitrogen and oxygen atoms in total. The van der Waals surface area contributed by atoms with Crippen molar-refractivity contribution < 1.29 is 80.2 Å². The number of phosphoric ester groups is 2. The quantitative estimate of drug-likeness (QED) is 0.0169. The van der Waals surface area contributed by atoms with Crippen molar-refractivity contribution >= 4 is 39.5 Å². The Labute approximate surface area is 580 Å². The minimum atomic E-state index is -4.96. The number of ether oxygens (including phenoxy) is 4. The first-order valence-corrected chi connectivity index (χ1v) is 41.7. The van der Waals surface area contributed by atoms with Gasteiger partial charge >= 0.3 is 39.5 Å². The van der Waals surface area contributed by atoms with Crippen LogP contribution in [0.25, 0.3) is 0 Å². The highest BCUT2D eigenvalue weighted by Crippen LogP contribution is 2.45. The molecule has 19 heteroatoms. The van der Waals surface area contributed by atoms with Crippen molar-refractivity contribution in [2.45, 2.75) is 381 Å². The maximum atomic E-state index is 13.1. The molecule has 0 bridgehead atoms. The Hall–Kier alpha value is -2.46. The van der Waals surface area contributed by atoms with Crippen molar-refractivity contribution in [2.24, 2.45) is 17.8 Å². The summed E-state index contributed by atoms with van der Waals surface area (Å²) in [4.78, 5) is 72.8. The molecule has 0 saturated carbocycles. The number of aliphatic hydroxyl groups is 1. The van der Waals surface area contributed by atoms with E-state index >= 15 is 0 Å². The van der Waals surface area contributed by atoms with Crippen molar-refractivity contribution in [3.05, 3.63) is 24.3 Å². The lowest BCUT2D eigenvalue weighted by atomic mass is 9.99. The van der Waals surface area contributed by atoms with Crippen molar-refractivity contribution in [1.29, 1.82) is 0 Å². The van der Waals surface area contributed by atoms with Crippen LogP contribution in [0.4, 0.5) is 0 Å². The van der Waals surface area contributed by atoms with E-state index in [9.17, 15) is 43.2 Å². The van der Waals surface area contributed by atoms with Gasteiger partial charge in [0.1, 0.15) is 19.3 Å². The fraction of sp³-hybridized carbons (Fsp3) is 0.895. The number of allylic oxidation sites excluding steroid dienone is 4. The van der Waals surface area contributed by atoms with Gasteiger partial charge in [0, 0.05) is 25.7 Å². The maximum absolute atomic E-state index is 13.1. The average molecular weight is 1390 g/mol. The number of phosphoric acid groups is 2. The molecule has 0 amide bonds. The van der Waals surface area contributed by atoms with Crippen molar-refractivity contribution in [1.82, 2.24) is 0 Å². The predicted octanol–water partition coefficient (Wildman–Crippen LogP) is 21.7. The van der Waals surface area contributed by atoms with Crippen molar-refractivity contribution in [3.8, 4) is 0 Å². The fourth-order valence-electron chi connectivity index (χ4n) is 11.0. The second-order valence-corrected chi connectivity index (χ2v) is 30.6. The number of aliphatic hydroxyl groups excluding tert-OH is 1. The molecule has 7 atom stereocenters. The molecule has 0 radical (unpaired) electrons. The molecule has 0 aliphatic rings. The van der Waals surface area contributed by atoms with Crippen molar-refractivity contribution in [2.75, 3.05) is 39.6 Å². The molecule has 0 aromatic rings. The first kappa shape index (κ1) is 92.5. The normalized spacial score (nSPS) is 14.8. The number of hydrogen-bond donors (Lipinski definition) is 3. The van der Waals surface area contributed by atoms with Gasteiger partial charge in [-0.25, -0.2) is 9.13 Å². The minimum absolute atomic E-state index is 0.0978. The Bertz CT molecular complexity index is 1950. The molecule has 0 heterocycles. The molecule has 0 rings (SSSR count). The zero-order chi connectivity index (χ0) is 70.1. The Morgan fingerprint density at radius 3 is 0.937 bits per heavy atom. The summed E-state index contributed by atoms with van der Waals surface area (Å²) in [6, 6.07) is 0. The standard InChI is InChI=1S/C76H144O17P2/c1-8-11-12-13-14-15-16-17-18-22-25-28-36-43-50-57-73(78)86-63-71(93-76(81)60-53-46-38-31-30-35-42-49-56-69(7)10-3)65-90-94(82,83)88-61-70(77)62-89-95(84,85)91-66-72(64-87-74(79)58-51-44-39-32-33-40-47-54-67(4)5)92-75(80)59-52-45-37-29-26-23-20-19-21-24-27-34-41-48-55-68(6)9-2/h15-18,67-72,77H,8-14,19-66H2,1-7H3,(H,82,83)(H,84,85)/b16-15-,18-17-/t68?,69?,70?,71-,72-/m1/s1. The molecule has 95 heavy (non-hydrogen) atoms. The monoisotopic (exact) mass is 1390 g/mol. The molecular weight excluding hydrogens is 1250 g/mol. The van der Waals surface area contributed by atoms with Gasteiger partial charge in [0.2, 0.25) is 0 Å². The van der Waals surface area contributed by atoms with E-state index in [-0.39, 0.29) is 25.7 Å². The van der Waals surface area contributed by atoms with E-state index < -0.39 is 97.5 Å². The van der Waals surface area contributed by atoms with E-state index in [0.29, 0.717) is 31.6 Å². The summed E-state index contributed by atoms with van der Waals surface area (Å²) in [5.74, 6) is 0.163. The van der Waals surface area contributed by atoms with Crippen LogP contribution >= 0.6 is 15.6 Å². The smallest absolute Gasteiger partial charge is 0.462 e. The van der Waals surface area contributed by atoms with E-state index in [4.69, 9.17) is 37.0 Å². The van der Waals surface area contributed by atoms with Crippen LogP contribution in [0.3, 0.4) is 0 Å². The van der Waals surface area contributed by atoms with Gasteiger partial charge in [0.15, 0.2) is 12.2 Å². The number of hydrogen-bond acceptors (Lipinski definition) is 15. The highest BCUT2D eigenvalue weighted by Gasteiger charge is 2.30. The van der Waals surface area contributed by atoms with Crippen LogP contribution in [0.5, 0.6) is 0 Å². The van der Waals surface area contributed by atoms with Crippen molar-refractivity contribution in [3.63, 3.8) is 0 Å². The molecular formula is C76H144O17P2. The second-order valence-electron chi connectivity index (χ2n) is 27.7. The summed E-state index contributed by atoms with van der Waals surface area (Å²) in [5.41, 5.74) is 0. The first-order valence-electron chi connectivity index (χ1n) is 38.7. The molecule has 560 valence electrons. The van der Waals surface area contributed by atoms with Gasteiger partial charge in [0.25, 0.3) is 0 Å². The van der Waals surface area contributed by atoms with E-state index in [1.807, 2.05) is 0 Å². The van der Waals surface area contributed by atoms with Crippen LogP contribution in [0, 0.1) is 17.8 Å². The molecule has 3 N–H and O–H groups in total. The molecule has 0 aromatic heterocycles. The second kappa shape index (κ2) is 66.1. The Balaban J connectivity index is 5.26. The number of unbranched alkanes of at least 4 members (excludes halogenated alkanes) is 35. The third-order valence-corrected chi connectivity index (χ3v) is 19.6. The van der Waals surface area contributed by atoms with Crippen LogP contribution in [-0.2, 0) is 65.4 Å². The van der Waals surface area contributed by atoms with Gasteiger partial charge < -0.3 is 33.8 Å². The van der Waals surface area contributed by atoms with Crippen LogP contribution in [-0.4, -0.2) is 96.7 Å². The predicted molar refractivity (Wildman–Crippen MR) is 386 cm³/mol. The van der Waals surface area contributed by atoms with Gasteiger partial charge in [-0.2, -0.15) is 0 Å². The third-order valence-electron chi connectivity index (χ3n) is 17.7. The van der Waals surface area contributed by atoms with Gasteiger partial charge in [-0.15, -0.1) is 0 Å². The number of carbonyl (C=O) groups excluding carboxylic acids is 4. The summed E-state index contributed by atoms with van der Waals surface area (Å²) in [5, 5.41) is 10.6. The summed E-state index contributed by atoms with van der Waals surface area (Å²) in [6.07, 6.45) is 54.9. The first-order chi connectivity index (χ1) is 45.8. The molecule has 0 spiro atoms. The number of carbonyl (C=O) groups is 4. The molecule has 0 aliphatic heterocycles. The zero-order valence-electron chi connectivity index (χ0n) is 61.6. The summed E-state index contributed by atoms with van der Waals surface area (Å²) in [7, 11) is -9.92. The Morgan fingerprint density at radius 2 is 0.621 bits per heavy atom. The van der Waals surface area contributed by atoms with Gasteiger partial charge in [-0.1, -0.05) is 310 Å². The van der Waals surface area contributed by atoms with Crippen LogP contribution in [0.15, 0.2) is 24.3 Å². The summed E-state index contributed by atoms with van der Waals surface area (Å²) in [6.45, 7) is 11.8. The summed E-state index contributed by atoms with van der Waals surface area (Å²) >= 11 is 0. The minimum Gasteiger partial charge on any atom is -0.462 e. The molecule has 0 fully saturated rings. The molecule has 0 aliphatic carbocycles. The number of esters is 4. The summed E-state index contributed by atoms with van der Waals surface area (Å²) < 4.78 is 68.5. The van der Waals surface area contributed by atoms with Crippen LogP contribution < -0.4 is 0 Å². The highest BCUT2D eigenvalue weighted by molar-refractivity contribution is 7.47. The van der Waals surface area contributed by atoms with E-state index in [0.717, 1.165) is 127 Å². The number of rotatable bonds is 72. The average Bonchev–Trinajstić information content (AvgIpc) is 1.99. The molecule has 0 saturated heterocycles. The lowest BCUT2D eigenvalue weighted by Crippen LogP contribution is -2.30. The highest BCUT2D eigenvalue weighted by atomic mass is 31.2. The SMILES string of the molecule is CCCCCC/C=C\C=C/CCCCCCCC(=O)OC[C@H](COP(=O)(O)OCC(O)COP(=O)(O)OC[C@@H](COC(=O)CCCCCCCCCC(C)C)OC(=O)CCCCCCCCCCCCCCCCC(C)CC)OC(=O)CCCCCCCCCCC(C)CC. The lowest BCUT2D eigenvalue weighted by Gasteiger charge is -2.21. The third kappa shape index (κ3) is 67.2. The van der Waals surface area contributed by atoms with Crippen LogP contribution in [0.1, 0.15) is 363 Å². The van der Waals surface area contributed by atoms with E-state index in [1.54, 1.807) is 0 Å². The molecule has 5 unspecified atom stereocenters. The lowest BCUT2D eigenvalue weighted by molar-refractivity contribution is -0.161. The van der Waals surface area contributed by atoms with E-state index in [2.05, 4.69) is 72.8 Å². The maximum Gasteiger partial charge on any atom is 0.472 e. The molecule has 0 aromatic carbocycles. The fourth-order valence-corrected chi connectivity index (χ4v) is 12.6. The van der Waals surface area contributed by atoms with Gasteiger partial charge in [-0.3, -0.25) is 37.3 Å². The zero-order valence-corrected chi connectivity index (χ0v) is 63.4. The van der Waals surface area contributed by atoms with E-state index in [1.165, 1.54) is 148 Å². The van der Waals surface area contributed by atoms with Crippen LogP contribution in [0.2, 0.25) is 0 Å². The van der Waals surface area contributed by atoms with Gasteiger partial charge in [0.05, 0.1) is 26.4 Å². The topological polar surface area (TPSA) is 237 Å². The Kier molecular flexibility index (Phi) is 64.4. The van der Waals surface area contributed by atoms with Gasteiger partial charge in [-0.05, 0) is 69.1 Å².